The van der Waals surface area contributed by atoms with Gasteiger partial charge in [-0.05, 0) is 6.42 Å². The molecule has 0 aliphatic rings. The Bertz CT molecular complexity index is 26.7. The van der Waals surface area contributed by atoms with Crippen LogP contribution in [0, 0.1) is 6.92 Å². The Hall–Kier alpha value is -0.0800. The van der Waals surface area contributed by atoms with Gasteiger partial charge in [-0.15, -0.1) is 0 Å². The van der Waals surface area contributed by atoms with E-state index >= 15 is 0 Å². The first-order chi connectivity index (χ1) is 2.81. The predicted molar refractivity (Wildman–Crippen MR) is 25.0 cm³/mol. The molecule has 0 aromatic carbocycles. The summed E-state index contributed by atoms with van der Waals surface area (Å²) in [5, 5.41) is 8.17. The number of hydrogen-bond acceptors (Lipinski definition) is 2. The summed E-state index contributed by atoms with van der Waals surface area (Å²) >= 11 is 0. The molecule has 0 heterocycles. The summed E-state index contributed by atoms with van der Waals surface area (Å²) in [6.45, 7) is 3.52. The van der Waals surface area contributed by atoms with Gasteiger partial charge in [-0.2, -0.15) is 0 Å². The molecule has 0 fully saturated rings. The second-order valence-corrected chi connectivity index (χ2v) is 1.23. The molecule has 2 heteroatoms. The molecule has 37 valence electrons. The average Bonchev–Trinajstić information content (AvgIpc) is 1.65. The van der Waals surface area contributed by atoms with Gasteiger partial charge in [0.25, 0.3) is 0 Å². The van der Waals surface area contributed by atoms with Crippen molar-refractivity contribution in [1.29, 1.82) is 0 Å². The molecular weight excluding hydrogens is 78.0 g/mol. The van der Waals surface area contributed by atoms with Crippen molar-refractivity contribution in [2.45, 2.75) is 12.5 Å². The smallest absolute Gasteiger partial charge is 0.0582 e. The Morgan fingerprint density at radius 3 is 2.33 bits per heavy atom. The number of hydrogen-bond donors (Lipinski definition) is 2. The summed E-state index contributed by atoms with van der Waals surface area (Å²) in [4.78, 5) is 0. The second kappa shape index (κ2) is 3.12. The van der Waals surface area contributed by atoms with Gasteiger partial charge in [0.1, 0.15) is 0 Å². The fourth-order valence-corrected chi connectivity index (χ4v) is 0.0913. The third-order valence-electron chi connectivity index (χ3n) is 0.605. The van der Waals surface area contributed by atoms with Crippen LogP contribution in [0.2, 0.25) is 0 Å². The van der Waals surface area contributed by atoms with Crippen molar-refractivity contribution in [3.05, 3.63) is 6.92 Å². The van der Waals surface area contributed by atoms with Crippen LogP contribution in [0.4, 0.5) is 0 Å². The molecule has 0 spiro atoms. The first-order valence-electron chi connectivity index (χ1n) is 1.97. The molecule has 0 rings (SSSR count). The van der Waals surface area contributed by atoms with Crippen LogP contribution in [0.15, 0.2) is 0 Å². The molecular formula is C4H10NO. The summed E-state index contributed by atoms with van der Waals surface area (Å²) < 4.78 is 0. The lowest BCUT2D eigenvalue weighted by atomic mass is 10.3. The van der Waals surface area contributed by atoms with Gasteiger partial charge in [-0.1, -0.05) is 6.92 Å². The van der Waals surface area contributed by atoms with E-state index in [1.165, 1.54) is 0 Å². The molecule has 0 amide bonds. The lowest BCUT2D eigenvalue weighted by Gasteiger charge is -1.98. The van der Waals surface area contributed by atoms with Crippen LogP contribution >= 0.6 is 0 Å². The highest BCUT2D eigenvalue weighted by Gasteiger charge is 1.90. The standard InChI is InChI=1S/C4H10NO/c1-2-4(5)3-6/h4,6H,1-3,5H2/t4-/m0/s1. The van der Waals surface area contributed by atoms with E-state index < -0.39 is 0 Å². The number of rotatable bonds is 2. The predicted octanol–water partition coefficient (Wildman–Crippen LogP) is -0.470. The topological polar surface area (TPSA) is 46.2 Å². The van der Waals surface area contributed by atoms with Crippen molar-refractivity contribution >= 4 is 0 Å². The third kappa shape index (κ3) is 2.18. The molecule has 1 radical (unpaired) electrons. The van der Waals surface area contributed by atoms with Crippen LogP contribution in [-0.2, 0) is 0 Å². The quantitative estimate of drug-likeness (QED) is 0.479. The maximum atomic E-state index is 8.17. The molecule has 0 aromatic heterocycles. The van der Waals surface area contributed by atoms with E-state index in [0.717, 1.165) is 0 Å². The van der Waals surface area contributed by atoms with Gasteiger partial charge >= 0.3 is 0 Å². The van der Waals surface area contributed by atoms with Crippen molar-refractivity contribution in [2.24, 2.45) is 5.73 Å². The zero-order chi connectivity index (χ0) is 4.99. The Morgan fingerprint density at radius 2 is 2.33 bits per heavy atom. The highest BCUT2D eigenvalue weighted by molar-refractivity contribution is 4.57. The molecule has 0 aliphatic carbocycles. The Morgan fingerprint density at radius 1 is 1.83 bits per heavy atom. The van der Waals surface area contributed by atoms with Gasteiger partial charge in [0.05, 0.1) is 6.61 Å². The highest BCUT2D eigenvalue weighted by atomic mass is 16.3. The van der Waals surface area contributed by atoms with Crippen LogP contribution in [0.25, 0.3) is 0 Å². The summed E-state index contributed by atoms with van der Waals surface area (Å²) in [6, 6.07) is -0.120. The minimum Gasteiger partial charge on any atom is -0.395 e. The van der Waals surface area contributed by atoms with E-state index in [4.69, 9.17) is 10.8 Å². The van der Waals surface area contributed by atoms with E-state index in [1.54, 1.807) is 0 Å². The van der Waals surface area contributed by atoms with Gasteiger partial charge in [0, 0.05) is 6.04 Å². The first-order valence-corrected chi connectivity index (χ1v) is 1.97. The zero-order valence-corrected chi connectivity index (χ0v) is 3.72. The molecule has 1 atom stereocenters. The molecule has 0 aromatic rings. The van der Waals surface area contributed by atoms with Gasteiger partial charge in [-0.3, -0.25) is 0 Å². The molecule has 0 saturated heterocycles. The summed E-state index contributed by atoms with van der Waals surface area (Å²) in [7, 11) is 0. The fraction of sp³-hybridized carbons (Fsp3) is 0.750. The molecule has 0 bridgehead atoms. The summed E-state index contributed by atoms with van der Waals surface area (Å²) in [5.74, 6) is 0. The largest absolute Gasteiger partial charge is 0.395 e. The van der Waals surface area contributed by atoms with Crippen molar-refractivity contribution in [2.75, 3.05) is 6.61 Å². The maximum Gasteiger partial charge on any atom is 0.0582 e. The molecule has 3 N–H and O–H groups in total. The van der Waals surface area contributed by atoms with Crippen LogP contribution < -0.4 is 5.73 Å². The lowest BCUT2D eigenvalue weighted by Crippen LogP contribution is -2.22. The monoisotopic (exact) mass is 88.1 g/mol. The van der Waals surface area contributed by atoms with Crippen LogP contribution in [0.5, 0.6) is 0 Å². The molecule has 6 heavy (non-hydrogen) atoms. The highest BCUT2D eigenvalue weighted by Crippen LogP contribution is 1.78. The van der Waals surface area contributed by atoms with E-state index in [0.29, 0.717) is 6.42 Å². The second-order valence-electron chi connectivity index (χ2n) is 1.23. The minimum atomic E-state index is -0.120. The fourth-order valence-electron chi connectivity index (χ4n) is 0.0913. The number of nitrogens with two attached hydrogens (primary N) is 1. The van der Waals surface area contributed by atoms with Crippen molar-refractivity contribution in [1.82, 2.24) is 0 Å². The average molecular weight is 88.1 g/mol. The first kappa shape index (κ1) is 5.92. The molecule has 0 unspecified atom stereocenters. The maximum absolute atomic E-state index is 8.17. The third-order valence-corrected chi connectivity index (χ3v) is 0.605. The lowest BCUT2D eigenvalue weighted by molar-refractivity contribution is 0.266. The minimum absolute atomic E-state index is 0.0451. The van der Waals surface area contributed by atoms with Crippen LogP contribution in [-0.4, -0.2) is 17.8 Å². The van der Waals surface area contributed by atoms with Crippen LogP contribution in [0.3, 0.4) is 0 Å². The zero-order valence-electron chi connectivity index (χ0n) is 3.72. The summed E-state index contributed by atoms with van der Waals surface area (Å²) in [5.41, 5.74) is 5.16. The molecule has 2 nitrogen and oxygen atoms in total. The van der Waals surface area contributed by atoms with E-state index in [9.17, 15) is 0 Å². The van der Waals surface area contributed by atoms with Gasteiger partial charge in [0.2, 0.25) is 0 Å². The number of aliphatic hydroxyl groups is 1. The molecule has 0 aliphatic heterocycles. The van der Waals surface area contributed by atoms with E-state index in [1.807, 2.05) is 0 Å². The SMILES string of the molecule is [CH2]C[C@H](N)CO. The van der Waals surface area contributed by atoms with Crippen molar-refractivity contribution in [3.8, 4) is 0 Å². The number of aliphatic hydroxyl groups excluding tert-OH is 1. The van der Waals surface area contributed by atoms with E-state index in [-0.39, 0.29) is 12.6 Å². The Balaban J connectivity index is 2.75. The van der Waals surface area contributed by atoms with E-state index in [2.05, 4.69) is 6.92 Å². The normalized spacial score (nSPS) is 14.5. The Kier molecular flexibility index (Phi) is 3.08. The van der Waals surface area contributed by atoms with Gasteiger partial charge in [-0.25, -0.2) is 0 Å². The van der Waals surface area contributed by atoms with Crippen molar-refractivity contribution in [3.63, 3.8) is 0 Å². The van der Waals surface area contributed by atoms with Crippen LogP contribution in [0.1, 0.15) is 6.42 Å². The van der Waals surface area contributed by atoms with Crippen molar-refractivity contribution < 1.29 is 5.11 Å². The van der Waals surface area contributed by atoms with Gasteiger partial charge in [0.15, 0.2) is 0 Å². The Labute approximate surface area is 38.0 Å². The molecule has 0 saturated carbocycles. The summed E-state index contributed by atoms with van der Waals surface area (Å²) in [6.07, 6.45) is 0.608. The van der Waals surface area contributed by atoms with Gasteiger partial charge < -0.3 is 10.8 Å².